The van der Waals surface area contributed by atoms with Gasteiger partial charge in [-0.3, -0.25) is 9.89 Å². The second-order valence-electron chi connectivity index (χ2n) is 4.77. The van der Waals surface area contributed by atoms with E-state index in [0.717, 1.165) is 29.6 Å². The molecule has 0 aliphatic rings. The third kappa shape index (κ3) is 4.29. The van der Waals surface area contributed by atoms with Crippen molar-refractivity contribution < 1.29 is 13.6 Å². The summed E-state index contributed by atoms with van der Waals surface area (Å²) in [5.41, 5.74) is 0.919. The van der Waals surface area contributed by atoms with Crippen molar-refractivity contribution >= 4 is 23.5 Å². The van der Waals surface area contributed by atoms with Crippen molar-refractivity contribution in [1.29, 1.82) is 0 Å². The maximum absolute atomic E-state index is 13.4. The van der Waals surface area contributed by atoms with Crippen LogP contribution in [-0.4, -0.2) is 21.9 Å². The lowest BCUT2D eigenvalue weighted by Gasteiger charge is -2.03. The molecular weight excluding hydrogens is 296 g/mol. The van der Waals surface area contributed by atoms with Gasteiger partial charge in [0.15, 0.2) is 5.82 Å². The smallest absolute Gasteiger partial charge is 0.235 e. The number of thioether (sulfide) groups is 1. The van der Waals surface area contributed by atoms with Crippen molar-refractivity contribution in [1.82, 2.24) is 10.2 Å². The van der Waals surface area contributed by atoms with Gasteiger partial charge in [-0.15, -0.1) is 11.8 Å². The van der Waals surface area contributed by atoms with E-state index in [9.17, 15) is 13.6 Å². The molecule has 0 aliphatic heterocycles. The average Bonchev–Trinajstić information content (AvgIpc) is 2.86. The number of carbonyl (C=O) groups excluding carboxylic acids is 1. The van der Waals surface area contributed by atoms with Gasteiger partial charge in [-0.05, 0) is 18.1 Å². The molecule has 1 aromatic carbocycles. The Morgan fingerprint density at radius 1 is 1.38 bits per heavy atom. The summed E-state index contributed by atoms with van der Waals surface area (Å²) in [6.45, 7) is 4.01. The van der Waals surface area contributed by atoms with Gasteiger partial charge in [0.25, 0.3) is 0 Å². The van der Waals surface area contributed by atoms with Gasteiger partial charge in [0.1, 0.15) is 11.6 Å². The molecule has 0 fully saturated rings. The van der Waals surface area contributed by atoms with Crippen LogP contribution >= 0.6 is 11.8 Å². The zero-order valence-electron chi connectivity index (χ0n) is 11.6. The highest BCUT2D eigenvalue weighted by molar-refractivity contribution is 8.00. The van der Waals surface area contributed by atoms with Crippen molar-refractivity contribution in [2.45, 2.75) is 24.7 Å². The van der Waals surface area contributed by atoms with E-state index in [4.69, 9.17) is 0 Å². The summed E-state index contributed by atoms with van der Waals surface area (Å²) in [5, 5.41) is 9.42. The molecular formula is C14H15F2N3OS. The van der Waals surface area contributed by atoms with Gasteiger partial charge in [-0.2, -0.15) is 5.10 Å². The predicted octanol–water partition coefficient (Wildman–Crippen LogP) is 3.54. The van der Waals surface area contributed by atoms with E-state index in [2.05, 4.69) is 15.5 Å². The van der Waals surface area contributed by atoms with E-state index in [1.54, 1.807) is 6.07 Å². The first-order valence-electron chi connectivity index (χ1n) is 6.38. The lowest BCUT2D eigenvalue weighted by Crippen LogP contribution is -2.14. The molecule has 21 heavy (non-hydrogen) atoms. The minimum Gasteiger partial charge on any atom is -0.308 e. The van der Waals surface area contributed by atoms with Crippen LogP contribution < -0.4 is 5.32 Å². The molecule has 1 amide bonds. The molecule has 112 valence electrons. The Kier molecular flexibility index (Phi) is 4.95. The highest BCUT2D eigenvalue weighted by atomic mass is 32.2. The molecule has 0 unspecified atom stereocenters. The van der Waals surface area contributed by atoms with E-state index in [1.165, 1.54) is 6.07 Å². The Balaban J connectivity index is 1.89. The van der Waals surface area contributed by atoms with Crippen LogP contribution in [0.25, 0.3) is 0 Å². The number of hydrogen-bond donors (Lipinski definition) is 2. The monoisotopic (exact) mass is 311 g/mol. The number of aromatic nitrogens is 2. The topological polar surface area (TPSA) is 57.8 Å². The van der Waals surface area contributed by atoms with Crippen LogP contribution in [0.15, 0.2) is 29.2 Å². The molecule has 7 heteroatoms. The van der Waals surface area contributed by atoms with Gasteiger partial charge in [0.2, 0.25) is 5.91 Å². The normalized spacial score (nSPS) is 10.9. The fourth-order valence-electron chi connectivity index (χ4n) is 1.61. The SMILES string of the molecule is CC(C)c1cc(NC(=O)CSc2ccc(F)cc2F)n[nH]1. The molecule has 0 saturated carbocycles. The highest BCUT2D eigenvalue weighted by Crippen LogP contribution is 2.22. The Morgan fingerprint density at radius 3 is 2.76 bits per heavy atom. The van der Waals surface area contributed by atoms with Crippen LogP contribution in [-0.2, 0) is 4.79 Å². The number of halogens is 2. The number of nitrogens with zero attached hydrogens (tertiary/aromatic N) is 1. The fourth-order valence-corrected chi connectivity index (χ4v) is 2.33. The molecule has 2 N–H and O–H groups in total. The van der Waals surface area contributed by atoms with E-state index in [0.29, 0.717) is 5.82 Å². The number of nitrogens with one attached hydrogen (secondary N) is 2. The number of amides is 1. The molecule has 1 heterocycles. The third-order valence-electron chi connectivity index (χ3n) is 2.74. The minimum absolute atomic E-state index is 0.0203. The quantitative estimate of drug-likeness (QED) is 0.830. The summed E-state index contributed by atoms with van der Waals surface area (Å²) in [4.78, 5) is 12.0. The number of carbonyl (C=O) groups is 1. The number of rotatable bonds is 5. The standard InChI is InChI=1S/C14H15F2N3OS/c1-8(2)11-6-13(19-18-11)17-14(20)7-21-12-4-3-9(15)5-10(12)16/h3-6,8H,7H2,1-2H3,(H2,17,18,19,20). The predicted molar refractivity (Wildman–Crippen MR) is 78.4 cm³/mol. The molecule has 0 radical (unpaired) electrons. The summed E-state index contributed by atoms with van der Waals surface area (Å²) < 4.78 is 26.2. The highest BCUT2D eigenvalue weighted by Gasteiger charge is 2.10. The molecule has 2 aromatic rings. The number of anilines is 1. The molecule has 2 rings (SSSR count). The Hall–Kier alpha value is -1.89. The summed E-state index contributed by atoms with van der Waals surface area (Å²) in [7, 11) is 0. The number of benzene rings is 1. The zero-order chi connectivity index (χ0) is 15.4. The lowest BCUT2D eigenvalue weighted by atomic mass is 10.1. The van der Waals surface area contributed by atoms with Crippen LogP contribution in [0, 0.1) is 11.6 Å². The van der Waals surface area contributed by atoms with E-state index < -0.39 is 11.6 Å². The van der Waals surface area contributed by atoms with Crippen molar-refractivity contribution in [3.05, 3.63) is 41.6 Å². The average molecular weight is 311 g/mol. The van der Waals surface area contributed by atoms with Gasteiger partial charge in [-0.25, -0.2) is 8.78 Å². The first-order valence-corrected chi connectivity index (χ1v) is 7.37. The summed E-state index contributed by atoms with van der Waals surface area (Å²) in [5.74, 6) is -0.874. The van der Waals surface area contributed by atoms with Crippen LogP contribution in [0.4, 0.5) is 14.6 Å². The van der Waals surface area contributed by atoms with Crippen LogP contribution in [0.2, 0.25) is 0 Å². The second-order valence-corrected chi connectivity index (χ2v) is 5.79. The maximum atomic E-state index is 13.4. The summed E-state index contributed by atoms with van der Waals surface area (Å²) in [6.07, 6.45) is 0. The van der Waals surface area contributed by atoms with E-state index in [1.807, 2.05) is 13.8 Å². The van der Waals surface area contributed by atoms with E-state index in [-0.39, 0.29) is 22.5 Å². The van der Waals surface area contributed by atoms with Crippen molar-refractivity contribution in [3.63, 3.8) is 0 Å². The van der Waals surface area contributed by atoms with Gasteiger partial charge in [-0.1, -0.05) is 13.8 Å². The molecule has 0 spiro atoms. The molecule has 0 bridgehead atoms. The minimum atomic E-state index is -0.672. The zero-order valence-corrected chi connectivity index (χ0v) is 12.4. The van der Waals surface area contributed by atoms with Gasteiger partial charge in [0, 0.05) is 22.7 Å². The summed E-state index contributed by atoms with van der Waals surface area (Å²) >= 11 is 1.00. The number of hydrogen-bond acceptors (Lipinski definition) is 3. The van der Waals surface area contributed by atoms with Gasteiger partial charge in [0.05, 0.1) is 5.75 Å². The van der Waals surface area contributed by atoms with Crippen LogP contribution in [0.1, 0.15) is 25.5 Å². The van der Waals surface area contributed by atoms with Crippen molar-refractivity contribution in [3.8, 4) is 0 Å². The summed E-state index contributed by atoms with van der Waals surface area (Å²) in [6, 6.07) is 5.02. The first kappa shape index (κ1) is 15.5. The van der Waals surface area contributed by atoms with Crippen molar-refractivity contribution in [2.75, 3.05) is 11.1 Å². The molecule has 4 nitrogen and oxygen atoms in total. The lowest BCUT2D eigenvalue weighted by molar-refractivity contribution is -0.113. The first-order chi connectivity index (χ1) is 9.95. The molecule has 0 saturated heterocycles. The Bertz CT molecular complexity index is 643. The van der Waals surface area contributed by atoms with Gasteiger partial charge < -0.3 is 5.32 Å². The fraction of sp³-hybridized carbons (Fsp3) is 0.286. The molecule has 0 aliphatic carbocycles. The van der Waals surface area contributed by atoms with Crippen LogP contribution in [0.3, 0.4) is 0 Å². The number of aromatic amines is 1. The maximum Gasteiger partial charge on any atom is 0.235 e. The number of H-pyrrole nitrogens is 1. The largest absolute Gasteiger partial charge is 0.308 e. The van der Waals surface area contributed by atoms with E-state index >= 15 is 0 Å². The van der Waals surface area contributed by atoms with Crippen LogP contribution in [0.5, 0.6) is 0 Å². The van der Waals surface area contributed by atoms with Gasteiger partial charge >= 0.3 is 0 Å². The molecule has 0 atom stereocenters. The van der Waals surface area contributed by atoms with Crippen molar-refractivity contribution in [2.24, 2.45) is 0 Å². The Labute approximate surface area is 125 Å². The third-order valence-corrected chi connectivity index (χ3v) is 3.79. The molecule has 1 aromatic heterocycles. The Morgan fingerprint density at radius 2 is 2.14 bits per heavy atom. The second kappa shape index (κ2) is 6.71.